The highest BCUT2D eigenvalue weighted by Gasteiger charge is 2.33. The first-order chi connectivity index (χ1) is 9.35. The molecule has 0 bridgehead atoms. The van der Waals surface area contributed by atoms with E-state index in [1.807, 2.05) is 30.3 Å². The second kappa shape index (κ2) is 7.14. The molecule has 102 valence electrons. The van der Waals surface area contributed by atoms with Gasteiger partial charge >= 0.3 is 0 Å². The summed E-state index contributed by atoms with van der Waals surface area (Å²) >= 11 is 0. The summed E-state index contributed by atoms with van der Waals surface area (Å²) in [5, 5.41) is 3.91. The molecule has 1 fully saturated rings. The molecule has 0 N–H and O–H groups in total. The molecule has 0 radical (unpaired) electrons. The third kappa shape index (κ3) is 3.70. The van der Waals surface area contributed by atoms with Gasteiger partial charge in [0.05, 0.1) is 25.4 Å². The number of benzene rings is 1. The van der Waals surface area contributed by atoms with E-state index in [1.165, 1.54) is 0 Å². The molecule has 1 unspecified atom stereocenters. The Kier molecular flexibility index (Phi) is 5.21. The van der Waals surface area contributed by atoms with Gasteiger partial charge in [-0.25, -0.2) is 0 Å². The molecule has 1 saturated heterocycles. The molecule has 5 nitrogen and oxygen atoms in total. The van der Waals surface area contributed by atoms with Gasteiger partial charge in [-0.1, -0.05) is 48.8 Å². The van der Waals surface area contributed by atoms with Crippen LogP contribution in [0.4, 0.5) is 0 Å². The third-order valence-electron chi connectivity index (χ3n) is 3.49. The van der Waals surface area contributed by atoms with Crippen molar-refractivity contribution in [3.8, 4) is 0 Å². The van der Waals surface area contributed by atoms with Crippen molar-refractivity contribution < 1.29 is 9.47 Å². The van der Waals surface area contributed by atoms with E-state index in [0.717, 1.165) is 12.0 Å². The van der Waals surface area contributed by atoms with E-state index in [4.69, 9.17) is 15.0 Å². The van der Waals surface area contributed by atoms with Gasteiger partial charge in [0.25, 0.3) is 0 Å². The van der Waals surface area contributed by atoms with E-state index in [1.54, 1.807) is 0 Å². The highest BCUT2D eigenvalue weighted by Crippen LogP contribution is 2.24. The summed E-state index contributed by atoms with van der Waals surface area (Å²) in [4.78, 5) is 2.95. The van der Waals surface area contributed by atoms with Gasteiger partial charge in [0.15, 0.2) is 0 Å². The third-order valence-corrected chi connectivity index (χ3v) is 3.49. The maximum Gasteiger partial charge on any atom is 0.0901 e. The van der Waals surface area contributed by atoms with Gasteiger partial charge in [-0.3, -0.25) is 0 Å². The van der Waals surface area contributed by atoms with Gasteiger partial charge in [0.1, 0.15) is 0 Å². The first-order valence-corrected chi connectivity index (χ1v) is 6.62. The molecule has 0 amide bonds. The lowest BCUT2D eigenvalue weighted by molar-refractivity contribution is -0.0916. The quantitative estimate of drug-likeness (QED) is 0.463. The number of hydrogen-bond donors (Lipinski definition) is 0. The van der Waals surface area contributed by atoms with Crippen molar-refractivity contribution in [1.29, 1.82) is 0 Å². The number of azide groups is 1. The summed E-state index contributed by atoms with van der Waals surface area (Å²) in [6.07, 6.45) is 0.768. The van der Waals surface area contributed by atoms with E-state index in [-0.39, 0.29) is 18.1 Å². The second-order valence-electron chi connectivity index (χ2n) is 4.74. The van der Waals surface area contributed by atoms with E-state index >= 15 is 0 Å². The van der Waals surface area contributed by atoms with Crippen LogP contribution in [-0.4, -0.2) is 25.4 Å². The molecule has 5 heteroatoms. The maximum absolute atomic E-state index is 8.70. The lowest BCUT2D eigenvalue weighted by Crippen LogP contribution is -2.44. The van der Waals surface area contributed by atoms with E-state index in [9.17, 15) is 0 Å². The predicted molar refractivity (Wildman–Crippen MR) is 72.6 cm³/mol. The van der Waals surface area contributed by atoms with Crippen molar-refractivity contribution in [2.45, 2.75) is 32.1 Å². The largest absolute Gasteiger partial charge is 0.378 e. The molecule has 0 aliphatic carbocycles. The molecular formula is C14H19N3O2. The Balaban J connectivity index is 1.98. The average Bonchev–Trinajstić information content (AvgIpc) is 2.47. The normalized spacial score (nSPS) is 26.7. The van der Waals surface area contributed by atoms with Crippen LogP contribution in [-0.2, 0) is 16.1 Å². The Labute approximate surface area is 113 Å². The fourth-order valence-corrected chi connectivity index (χ4v) is 2.35. The van der Waals surface area contributed by atoms with Gasteiger partial charge in [-0.05, 0) is 17.0 Å². The smallest absolute Gasteiger partial charge is 0.0901 e. The Morgan fingerprint density at radius 2 is 2.16 bits per heavy atom. The first-order valence-electron chi connectivity index (χ1n) is 6.62. The standard InChI is InChI=1S/C14H19N3O2/c1-2-12-9-18-10-13(14(12)16-17-15)19-8-11-6-4-3-5-7-11/h3-7,12-14H,2,8-10H2,1H3/t12-,13?,14-/m0/s1. The average molecular weight is 261 g/mol. The van der Waals surface area contributed by atoms with Crippen LogP contribution in [0.5, 0.6) is 0 Å². The maximum atomic E-state index is 8.70. The van der Waals surface area contributed by atoms with Gasteiger partial charge in [-0.2, -0.15) is 0 Å². The molecule has 19 heavy (non-hydrogen) atoms. The lowest BCUT2D eigenvalue weighted by atomic mass is 9.92. The molecule has 0 saturated carbocycles. The van der Waals surface area contributed by atoms with Crippen LogP contribution in [0.2, 0.25) is 0 Å². The van der Waals surface area contributed by atoms with Crippen LogP contribution in [0, 0.1) is 5.92 Å². The molecule has 1 heterocycles. The van der Waals surface area contributed by atoms with E-state index < -0.39 is 0 Å². The monoisotopic (exact) mass is 261 g/mol. The summed E-state index contributed by atoms with van der Waals surface area (Å²) in [6.45, 7) is 3.73. The van der Waals surface area contributed by atoms with Crippen molar-refractivity contribution in [2.75, 3.05) is 13.2 Å². The molecule has 1 aromatic rings. The van der Waals surface area contributed by atoms with Gasteiger partial charge in [0, 0.05) is 11.5 Å². The van der Waals surface area contributed by atoms with Crippen LogP contribution >= 0.6 is 0 Å². The zero-order valence-corrected chi connectivity index (χ0v) is 11.1. The molecule has 2 rings (SSSR count). The number of rotatable bonds is 5. The molecule has 1 aromatic carbocycles. The van der Waals surface area contributed by atoms with E-state index in [0.29, 0.717) is 19.8 Å². The van der Waals surface area contributed by atoms with E-state index in [2.05, 4.69) is 16.9 Å². The second-order valence-corrected chi connectivity index (χ2v) is 4.74. The predicted octanol–water partition coefficient (Wildman–Crippen LogP) is 3.31. The Bertz CT molecular complexity index is 432. The highest BCUT2D eigenvalue weighted by molar-refractivity contribution is 5.13. The SMILES string of the molecule is CC[C@H]1COCC(OCc2ccccc2)[C@H]1N=[N+]=[N-]. The molecule has 3 atom stereocenters. The molecular weight excluding hydrogens is 242 g/mol. The van der Waals surface area contributed by atoms with Crippen LogP contribution in [0.3, 0.4) is 0 Å². The first kappa shape index (κ1) is 13.9. The molecule has 1 aliphatic heterocycles. The van der Waals surface area contributed by atoms with Crippen molar-refractivity contribution >= 4 is 0 Å². The lowest BCUT2D eigenvalue weighted by Gasteiger charge is -2.34. The zero-order valence-electron chi connectivity index (χ0n) is 11.1. The summed E-state index contributed by atoms with van der Waals surface area (Å²) in [5.74, 6) is 0.241. The summed E-state index contributed by atoms with van der Waals surface area (Å²) in [6, 6.07) is 9.84. The van der Waals surface area contributed by atoms with Gasteiger partial charge < -0.3 is 9.47 Å². The molecule has 0 spiro atoms. The van der Waals surface area contributed by atoms with Crippen LogP contribution in [0.1, 0.15) is 18.9 Å². The van der Waals surface area contributed by atoms with Gasteiger partial charge in [-0.15, -0.1) is 0 Å². The topological polar surface area (TPSA) is 67.2 Å². The van der Waals surface area contributed by atoms with Crippen molar-refractivity contribution in [3.05, 3.63) is 46.3 Å². The van der Waals surface area contributed by atoms with Crippen molar-refractivity contribution in [2.24, 2.45) is 11.0 Å². The molecule has 0 aromatic heterocycles. The Hall–Kier alpha value is -1.55. The highest BCUT2D eigenvalue weighted by atomic mass is 16.5. The zero-order chi connectivity index (χ0) is 13.5. The number of nitrogens with zero attached hydrogens (tertiary/aromatic N) is 3. The molecule has 1 aliphatic rings. The minimum Gasteiger partial charge on any atom is -0.378 e. The number of ether oxygens (including phenoxy) is 2. The minimum atomic E-state index is -0.158. The summed E-state index contributed by atoms with van der Waals surface area (Å²) < 4.78 is 11.4. The minimum absolute atomic E-state index is 0.132. The van der Waals surface area contributed by atoms with Crippen LogP contribution in [0.15, 0.2) is 35.4 Å². The summed E-state index contributed by atoms with van der Waals surface area (Å²) in [5.41, 5.74) is 9.81. The van der Waals surface area contributed by atoms with Crippen LogP contribution in [0.25, 0.3) is 10.4 Å². The van der Waals surface area contributed by atoms with Crippen LogP contribution < -0.4 is 0 Å². The van der Waals surface area contributed by atoms with Crippen molar-refractivity contribution in [1.82, 2.24) is 0 Å². The van der Waals surface area contributed by atoms with Crippen molar-refractivity contribution in [3.63, 3.8) is 0 Å². The number of hydrogen-bond acceptors (Lipinski definition) is 3. The fraction of sp³-hybridized carbons (Fsp3) is 0.571. The summed E-state index contributed by atoms with van der Waals surface area (Å²) in [7, 11) is 0. The Morgan fingerprint density at radius 3 is 2.84 bits per heavy atom. The van der Waals surface area contributed by atoms with Gasteiger partial charge in [0.2, 0.25) is 0 Å². The fourth-order valence-electron chi connectivity index (χ4n) is 2.35. The Morgan fingerprint density at radius 1 is 1.37 bits per heavy atom.